The lowest BCUT2D eigenvalue weighted by atomic mass is 9.99. The minimum absolute atomic E-state index is 0.00760. The molecule has 3 N–H and O–H groups in total. The van der Waals surface area contributed by atoms with Crippen molar-refractivity contribution in [3.8, 4) is 0 Å². The zero-order valence-corrected chi connectivity index (χ0v) is 14.1. The summed E-state index contributed by atoms with van der Waals surface area (Å²) in [5.74, 6) is -0.879. The average molecular weight is 328 g/mol. The number of hydrogen-bond donors (Lipinski definition) is 3. The molecule has 1 heterocycles. The third-order valence-electron chi connectivity index (χ3n) is 3.10. The fraction of sp³-hybridized carbons (Fsp3) is 0.714. The van der Waals surface area contributed by atoms with Crippen LogP contribution < -0.4 is 10.6 Å². The van der Waals surface area contributed by atoms with E-state index in [1.165, 1.54) is 11.3 Å². The van der Waals surface area contributed by atoms with E-state index in [2.05, 4.69) is 27.8 Å². The molecule has 0 aliphatic heterocycles. The summed E-state index contributed by atoms with van der Waals surface area (Å²) in [4.78, 5) is 22.5. The van der Waals surface area contributed by atoms with Crippen LogP contribution in [0.15, 0.2) is 0 Å². The summed E-state index contributed by atoms with van der Waals surface area (Å²) in [5.41, 5.74) is -0.600. The summed E-state index contributed by atoms with van der Waals surface area (Å²) >= 11 is 1.37. The van der Waals surface area contributed by atoms with Gasteiger partial charge in [0.25, 0.3) is 0 Å². The topological polar surface area (TPSA) is 104 Å². The molecular weight excluding hydrogens is 304 g/mol. The first-order valence-electron chi connectivity index (χ1n) is 7.46. The van der Waals surface area contributed by atoms with E-state index < -0.39 is 17.5 Å². The van der Waals surface area contributed by atoms with Crippen LogP contribution in [-0.4, -0.2) is 32.8 Å². The number of aryl methyl sites for hydroxylation is 1. The number of nitrogens with zero attached hydrogens (tertiary/aromatic N) is 2. The molecule has 0 saturated heterocycles. The first kappa shape index (κ1) is 18.3. The van der Waals surface area contributed by atoms with Crippen LogP contribution in [0.5, 0.6) is 0 Å². The van der Waals surface area contributed by atoms with Crippen molar-refractivity contribution in [1.29, 1.82) is 0 Å². The molecule has 22 heavy (non-hydrogen) atoms. The highest BCUT2D eigenvalue weighted by Gasteiger charge is 2.22. The Bertz CT molecular complexity index is 502. The van der Waals surface area contributed by atoms with Gasteiger partial charge in [0.15, 0.2) is 0 Å². The van der Waals surface area contributed by atoms with Crippen LogP contribution in [0.3, 0.4) is 0 Å². The first-order chi connectivity index (χ1) is 10.3. The maximum atomic E-state index is 11.9. The number of nitrogens with one attached hydrogen (secondary N) is 2. The van der Waals surface area contributed by atoms with E-state index in [1.807, 2.05) is 0 Å². The van der Waals surface area contributed by atoms with Gasteiger partial charge in [0, 0.05) is 18.4 Å². The van der Waals surface area contributed by atoms with Gasteiger partial charge in [-0.2, -0.15) is 0 Å². The lowest BCUT2D eigenvalue weighted by molar-refractivity contribution is -0.137. The van der Waals surface area contributed by atoms with Gasteiger partial charge in [0.2, 0.25) is 5.13 Å². The Morgan fingerprint density at radius 2 is 2.00 bits per heavy atom. The van der Waals surface area contributed by atoms with Crippen molar-refractivity contribution < 1.29 is 14.7 Å². The number of aliphatic carboxylic acids is 1. The Kier molecular flexibility index (Phi) is 7.23. The number of carbonyl (C=O) groups is 2. The summed E-state index contributed by atoms with van der Waals surface area (Å²) in [6.45, 7) is 5.71. The highest BCUT2D eigenvalue weighted by Crippen LogP contribution is 2.18. The summed E-state index contributed by atoms with van der Waals surface area (Å²) in [6, 6.07) is -0.397. The molecule has 8 heteroatoms. The standard InChI is InChI=1S/C14H24N4O3S/c1-4-5-6-7-10-17-18-13(22-10)15-12(21)16-14(2,3)9-8-11(19)20/h4-9H2,1-3H3,(H,19,20)(H2,15,16,18,21). The Hall–Kier alpha value is -1.70. The molecule has 0 fully saturated rings. The van der Waals surface area contributed by atoms with E-state index in [0.29, 0.717) is 11.6 Å². The van der Waals surface area contributed by atoms with E-state index in [9.17, 15) is 9.59 Å². The van der Waals surface area contributed by atoms with Gasteiger partial charge in [0.1, 0.15) is 5.01 Å². The van der Waals surface area contributed by atoms with E-state index in [-0.39, 0.29) is 6.42 Å². The number of urea groups is 1. The predicted molar refractivity (Wildman–Crippen MR) is 86.2 cm³/mol. The van der Waals surface area contributed by atoms with E-state index >= 15 is 0 Å². The van der Waals surface area contributed by atoms with Gasteiger partial charge in [-0.05, 0) is 26.7 Å². The molecule has 1 rings (SSSR count). The van der Waals surface area contributed by atoms with Gasteiger partial charge in [-0.1, -0.05) is 31.1 Å². The zero-order chi connectivity index (χ0) is 16.6. The number of unbranched alkanes of at least 4 members (excludes halogenated alkanes) is 2. The lowest BCUT2D eigenvalue weighted by Crippen LogP contribution is -2.45. The van der Waals surface area contributed by atoms with E-state index in [4.69, 9.17) is 5.11 Å². The molecule has 1 aromatic heterocycles. The monoisotopic (exact) mass is 328 g/mol. The van der Waals surface area contributed by atoms with Crippen LogP contribution in [0.4, 0.5) is 9.93 Å². The van der Waals surface area contributed by atoms with Gasteiger partial charge in [0.05, 0.1) is 0 Å². The number of hydrogen-bond acceptors (Lipinski definition) is 5. The van der Waals surface area contributed by atoms with Gasteiger partial charge < -0.3 is 10.4 Å². The molecule has 0 atom stereocenters. The molecule has 1 aromatic rings. The number of anilines is 1. The number of rotatable bonds is 9. The highest BCUT2D eigenvalue weighted by molar-refractivity contribution is 7.15. The predicted octanol–water partition coefficient (Wildman–Crippen LogP) is 3.04. The summed E-state index contributed by atoms with van der Waals surface area (Å²) in [7, 11) is 0. The Labute approximate surface area is 134 Å². The van der Waals surface area contributed by atoms with Crippen molar-refractivity contribution in [3.05, 3.63) is 5.01 Å². The van der Waals surface area contributed by atoms with Gasteiger partial charge in [-0.15, -0.1) is 10.2 Å². The molecule has 0 unspecified atom stereocenters. The van der Waals surface area contributed by atoms with Crippen molar-refractivity contribution >= 4 is 28.5 Å². The van der Waals surface area contributed by atoms with Crippen molar-refractivity contribution in [2.45, 2.75) is 64.8 Å². The molecule has 0 bridgehead atoms. The minimum Gasteiger partial charge on any atom is -0.481 e. The zero-order valence-electron chi connectivity index (χ0n) is 13.3. The quantitative estimate of drug-likeness (QED) is 0.604. The first-order valence-corrected chi connectivity index (χ1v) is 8.27. The fourth-order valence-electron chi connectivity index (χ4n) is 1.85. The molecule has 0 radical (unpaired) electrons. The van der Waals surface area contributed by atoms with Gasteiger partial charge >= 0.3 is 12.0 Å². The van der Waals surface area contributed by atoms with E-state index in [0.717, 1.165) is 30.7 Å². The van der Waals surface area contributed by atoms with Crippen LogP contribution in [0.2, 0.25) is 0 Å². The molecule has 0 aromatic carbocycles. The maximum absolute atomic E-state index is 11.9. The van der Waals surface area contributed by atoms with Crippen LogP contribution >= 0.6 is 11.3 Å². The van der Waals surface area contributed by atoms with Crippen molar-refractivity contribution in [1.82, 2.24) is 15.5 Å². The van der Waals surface area contributed by atoms with Crippen molar-refractivity contribution in [2.75, 3.05) is 5.32 Å². The molecule has 0 aliphatic carbocycles. The third-order valence-corrected chi connectivity index (χ3v) is 4.00. The normalized spacial score (nSPS) is 11.2. The van der Waals surface area contributed by atoms with Crippen LogP contribution in [-0.2, 0) is 11.2 Å². The fourth-order valence-corrected chi connectivity index (χ4v) is 2.63. The lowest BCUT2D eigenvalue weighted by Gasteiger charge is -2.25. The number of amides is 2. The largest absolute Gasteiger partial charge is 0.481 e. The van der Waals surface area contributed by atoms with Crippen LogP contribution in [0, 0.1) is 0 Å². The van der Waals surface area contributed by atoms with Crippen LogP contribution in [0.1, 0.15) is 57.9 Å². The van der Waals surface area contributed by atoms with Gasteiger partial charge in [-0.3, -0.25) is 10.1 Å². The number of carbonyl (C=O) groups excluding carboxylic acids is 1. The molecule has 7 nitrogen and oxygen atoms in total. The smallest absolute Gasteiger partial charge is 0.321 e. The highest BCUT2D eigenvalue weighted by atomic mass is 32.1. The Morgan fingerprint density at radius 1 is 1.27 bits per heavy atom. The molecular formula is C14H24N4O3S. The summed E-state index contributed by atoms with van der Waals surface area (Å²) in [6.07, 6.45) is 4.61. The number of carboxylic acid groups (broad SMARTS) is 1. The van der Waals surface area contributed by atoms with E-state index in [1.54, 1.807) is 13.8 Å². The second-order valence-corrected chi connectivity index (χ2v) is 6.88. The Morgan fingerprint density at radius 3 is 2.64 bits per heavy atom. The minimum atomic E-state index is -0.879. The summed E-state index contributed by atoms with van der Waals surface area (Å²) in [5, 5.41) is 23.4. The SMILES string of the molecule is CCCCCc1nnc(NC(=O)NC(C)(C)CCC(=O)O)s1. The number of aromatic nitrogens is 2. The van der Waals surface area contributed by atoms with Gasteiger partial charge in [-0.25, -0.2) is 4.79 Å². The second kappa shape index (κ2) is 8.67. The van der Waals surface area contributed by atoms with Crippen LogP contribution in [0.25, 0.3) is 0 Å². The molecule has 124 valence electrons. The average Bonchev–Trinajstić information content (AvgIpc) is 2.83. The summed E-state index contributed by atoms with van der Waals surface area (Å²) < 4.78 is 0. The van der Waals surface area contributed by atoms with Crippen molar-refractivity contribution in [2.24, 2.45) is 0 Å². The van der Waals surface area contributed by atoms with Crippen molar-refractivity contribution in [3.63, 3.8) is 0 Å². The molecule has 0 spiro atoms. The second-order valence-electron chi connectivity index (χ2n) is 5.81. The maximum Gasteiger partial charge on any atom is 0.321 e. The number of carboxylic acids is 1. The molecule has 0 aliphatic rings. The molecule has 2 amide bonds. The Balaban J connectivity index is 2.42. The third kappa shape index (κ3) is 7.35. The molecule has 0 saturated carbocycles.